The lowest BCUT2D eigenvalue weighted by Crippen LogP contribution is -2.47. The molecule has 2 aromatic rings. The Kier molecular flexibility index (Phi) is 6.63. The minimum atomic E-state index is -0.300. The molecule has 2 heterocycles. The second-order valence-corrected chi connectivity index (χ2v) is 6.31. The molecule has 142 valence electrons. The normalized spacial score (nSPS) is 17.6. The molecule has 1 aromatic heterocycles. The van der Waals surface area contributed by atoms with E-state index in [9.17, 15) is 9.59 Å². The van der Waals surface area contributed by atoms with E-state index in [0.717, 1.165) is 41.2 Å². The van der Waals surface area contributed by atoms with Crippen molar-refractivity contribution in [2.24, 2.45) is 14.1 Å². The lowest BCUT2D eigenvalue weighted by molar-refractivity contribution is 0.147. The van der Waals surface area contributed by atoms with E-state index in [1.54, 1.807) is 24.8 Å². The van der Waals surface area contributed by atoms with Crippen LogP contribution in [-0.4, -0.2) is 40.8 Å². The average Bonchev–Trinajstić information content (AvgIpc) is 2.64. The fourth-order valence-electron chi connectivity index (χ4n) is 3.32. The predicted molar refractivity (Wildman–Crippen MR) is 103 cm³/mol. The fourth-order valence-corrected chi connectivity index (χ4v) is 3.32. The van der Waals surface area contributed by atoms with Crippen molar-refractivity contribution in [1.82, 2.24) is 19.4 Å². The molecule has 3 rings (SSSR count). The molecule has 0 aliphatic carbocycles. The van der Waals surface area contributed by atoms with Crippen molar-refractivity contribution in [3.05, 3.63) is 62.4 Å². The number of methoxy groups -OCH3 is 1. The standard InChI is InChI=1S/C18H24N4O3.ClH/c1-20-13(10-17(23)21(2)18(20)24)12-22-9-8-19-11-15(22)14-6-4-5-7-16(14)25-3;/h4-7,10,15,19H,8-9,11-12H2,1-3H3;1H. The molecule has 1 atom stereocenters. The molecule has 1 unspecified atom stereocenters. The summed E-state index contributed by atoms with van der Waals surface area (Å²) in [5, 5.41) is 3.42. The predicted octanol–water partition coefficient (Wildman–Crippen LogP) is 0.661. The van der Waals surface area contributed by atoms with Crippen molar-refractivity contribution in [3.8, 4) is 5.75 Å². The van der Waals surface area contributed by atoms with Crippen LogP contribution in [0.3, 0.4) is 0 Å². The Hall–Kier alpha value is -2.09. The van der Waals surface area contributed by atoms with Crippen LogP contribution in [-0.2, 0) is 20.6 Å². The summed E-state index contributed by atoms with van der Waals surface area (Å²) < 4.78 is 8.18. The molecule has 1 fully saturated rings. The molecule has 0 spiro atoms. The van der Waals surface area contributed by atoms with Gasteiger partial charge in [-0.25, -0.2) is 4.79 Å². The van der Waals surface area contributed by atoms with E-state index in [1.807, 2.05) is 18.2 Å². The molecule has 1 saturated heterocycles. The molecule has 7 nitrogen and oxygen atoms in total. The van der Waals surface area contributed by atoms with E-state index < -0.39 is 0 Å². The Labute approximate surface area is 158 Å². The summed E-state index contributed by atoms with van der Waals surface area (Å²) in [4.78, 5) is 26.5. The van der Waals surface area contributed by atoms with Gasteiger partial charge in [0.05, 0.1) is 13.2 Å². The van der Waals surface area contributed by atoms with Gasteiger partial charge < -0.3 is 10.1 Å². The highest BCUT2D eigenvalue weighted by Crippen LogP contribution is 2.30. The molecule has 8 heteroatoms. The number of rotatable bonds is 4. The van der Waals surface area contributed by atoms with Gasteiger partial charge in [-0.15, -0.1) is 12.4 Å². The van der Waals surface area contributed by atoms with Crippen LogP contribution in [0.4, 0.5) is 0 Å². The third-order valence-corrected chi connectivity index (χ3v) is 4.84. The van der Waals surface area contributed by atoms with Crippen LogP contribution in [0.25, 0.3) is 0 Å². The maximum atomic E-state index is 12.2. The first-order valence-corrected chi connectivity index (χ1v) is 8.36. The zero-order valence-corrected chi connectivity index (χ0v) is 16.1. The summed E-state index contributed by atoms with van der Waals surface area (Å²) in [5.74, 6) is 0.846. The number of piperazine rings is 1. The Balaban J connectivity index is 0.00000243. The Bertz CT molecular complexity index is 877. The maximum absolute atomic E-state index is 12.2. The maximum Gasteiger partial charge on any atom is 0.330 e. The summed E-state index contributed by atoms with van der Waals surface area (Å²) >= 11 is 0. The van der Waals surface area contributed by atoms with Crippen LogP contribution < -0.4 is 21.3 Å². The first kappa shape index (κ1) is 20.2. The molecule has 0 radical (unpaired) electrons. The highest BCUT2D eigenvalue weighted by atomic mass is 35.5. The number of hydrogen-bond donors (Lipinski definition) is 1. The number of nitrogens with zero attached hydrogens (tertiary/aromatic N) is 3. The minimum absolute atomic E-state index is 0. The molecule has 1 aliphatic rings. The molecule has 0 amide bonds. The first-order valence-electron chi connectivity index (χ1n) is 8.36. The van der Waals surface area contributed by atoms with Crippen molar-refractivity contribution in [2.75, 3.05) is 26.7 Å². The van der Waals surface area contributed by atoms with E-state index in [4.69, 9.17) is 4.74 Å². The van der Waals surface area contributed by atoms with Gasteiger partial charge in [0, 0.05) is 57.6 Å². The zero-order chi connectivity index (χ0) is 18.0. The van der Waals surface area contributed by atoms with Gasteiger partial charge in [0.25, 0.3) is 5.56 Å². The van der Waals surface area contributed by atoms with Gasteiger partial charge in [-0.3, -0.25) is 18.8 Å². The minimum Gasteiger partial charge on any atom is -0.496 e. The van der Waals surface area contributed by atoms with E-state index in [1.165, 1.54) is 7.05 Å². The Morgan fingerprint density at radius 1 is 1.19 bits per heavy atom. The van der Waals surface area contributed by atoms with Gasteiger partial charge in [-0.1, -0.05) is 18.2 Å². The van der Waals surface area contributed by atoms with Crippen LogP contribution in [0.15, 0.2) is 39.9 Å². The van der Waals surface area contributed by atoms with Crippen molar-refractivity contribution < 1.29 is 4.74 Å². The number of para-hydroxylation sites is 1. The van der Waals surface area contributed by atoms with Crippen molar-refractivity contribution >= 4 is 12.4 Å². The van der Waals surface area contributed by atoms with Gasteiger partial charge in [0.2, 0.25) is 0 Å². The van der Waals surface area contributed by atoms with Crippen LogP contribution in [0.2, 0.25) is 0 Å². The lowest BCUT2D eigenvalue weighted by atomic mass is 10.0. The molecule has 0 saturated carbocycles. The molecule has 0 bridgehead atoms. The summed E-state index contributed by atoms with van der Waals surface area (Å²) in [6, 6.07) is 9.63. The molecule has 1 aliphatic heterocycles. The number of aromatic nitrogens is 2. The molecular weight excluding hydrogens is 356 g/mol. The van der Waals surface area contributed by atoms with Crippen LogP contribution in [0.5, 0.6) is 5.75 Å². The number of ether oxygens (including phenoxy) is 1. The van der Waals surface area contributed by atoms with Gasteiger partial charge in [-0.2, -0.15) is 0 Å². The first-order chi connectivity index (χ1) is 12.0. The van der Waals surface area contributed by atoms with Crippen LogP contribution >= 0.6 is 12.4 Å². The monoisotopic (exact) mass is 380 g/mol. The molecule has 26 heavy (non-hydrogen) atoms. The van der Waals surface area contributed by atoms with E-state index in [2.05, 4.69) is 16.3 Å². The summed E-state index contributed by atoms with van der Waals surface area (Å²) in [6.45, 7) is 3.02. The summed E-state index contributed by atoms with van der Waals surface area (Å²) in [5.41, 5.74) is 1.24. The lowest BCUT2D eigenvalue weighted by Gasteiger charge is -2.37. The van der Waals surface area contributed by atoms with E-state index in [0.29, 0.717) is 6.54 Å². The van der Waals surface area contributed by atoms with Gasteiger partial charge >= 0.3 is 5.69 Å². The Morgan fingerprint density at radius 3 is 2.65 bits per heavy atom. The smallest absolute Gasteiger partial charge is 0.330 e. The van der Waals surface area contributed by atoms with Crippen molar-refractivity contribution in [3.63, 3.8) is 0 Å². The van der Waals surface area contributed by atoms with Gasteiger partial charge in [0.1, 0.15) is 5.75 Å². The fraction of sp³-hybridized carbons (Fsp3) is 0.444. The third kappa shape index (κ3) is 3.85. The van der Waals surface area contributed by atoms with Crippen LogP contribution in [0.1, 0.15) is 17.3 Å². The number of halogens is 1. The van der Waals surface area contributed by atoms with Crippen molar-refractivity contribution in [1.29, 1.82) is 0 Å². The van der Waals surface area contributed by atoms with Gasteiger partial charge in [0.15, 0.2) is 0 Å². The third-order valence-electron chi connectivity index (χ3n) is 4.84. The average molecular weight is 381 g/mol. The number of benzene rings is 1. The summed E-state index contributed by atoms with van der Waals surface area (Å²) in [7, 11) is 4.87. The molecule has 1 aromatic carbocycles. The van der Waals surface area contributed by atoms with E-state index in [-0.39, 0.29) is 29.7 Å². The largest absolute Gasteiger partial charge is 0.496 e. The van der Waals surface area contributed by atoms with E-state index >= 15 is 0 Å². The highest BCUT2D eigenvalue weighted by Gasteiger charge is 2.27. The topological polar surface area (TPSA) is 68.5 Å². The second kappa shape index (κ2) is 8.53. The number of hydrogen-bond acceptors (Lipinski definition) is 5. The molecular formula is C18H25ClN4O3. The molecule has 1 N–H and O–H groups in total. The quantitative estimate of drug-likeness (QED) is 0.844. The van der Waals surface area contributed by atoms with Crippen molar-refractivity contribution in [2.45, 2.75) is 12.6 Å². The highest BCUT2D eigenvalue weighted by molar-refractivity contribution is 5.85. The zero-order valence-electron chi connectivity index (χ0n) is 15.3. The summed E-state index contributed by atoms with van der Waals surface area (Å²) in [6.07, 6.45) is 0. The van der Waals surface area contributed by atoms with Crippen LogP contribution in [0, 0.1) is 0 Å². The SMILES string of the molecule is COc1ccccc1C1CNCCN1Cc1cc(=O)n(C)c(=O)n1C.Cl. The number of nitrogens with one attached hydrogen (secondary N) is 1. The van der Waals surface area contributed by atoms with Gasteiger partial charge in [-0.05, 0) is 6.07 Å². The second-order valence-electron chi connectivity index (χ2n) is 6.31. The Morgan fingerprint density at radius 2 is 1.92 bits per heavy atom.